The van der Waals surface area contributed by atoms with Gasteiger partial charge in [0, 0.05) is 0 Å². The lowest BCUT2D eigenvalue weighted by molar-refractivity contribution is 0.320. The minimum atomic E-state index is -0.000877. The van der Waals surface area contributed by atoms with Gasteiger partial charge in [-0.2, -0.15) is 0 Å². The molecule has 0 saturated heterocycles. The Morgan fingerprint density at radius 2 is 2.40 bits per heavy atom. The van der Waals surface area contributed by atoms with E-state index in [1.54, 1.807) is 18.1 Å². The summed E-state index contributed by atoms with van der Waals surface area (Å²) in [5, 5.41) is 3.18. The fraction of sp³-hybridized carbons (Fsp3) is 0.200. The summed E-state index contributed by atoms with van der Waals surface area (Å²) in [5.41, 5.74) is 0.543. The average Bonchev–Trinajstić information content (AvgIpc) is 2.67. The summed E-state index contributed by atoms with van der Waals surface area (Å²) in [4.78, 5) is 10.4. The Morgan fingerprint density at radius 1 is 1.60 bits per heavy atom. The maximum atomic E-state index is 10.4. The van der Waals surface area contributed by atoms with Crippen molar-refractivity contribution in [3.63, 3.8) is 0 Å². The molecule has 0 bridgehead atoms. The summed E-state index contributed by atoms with van der Waals surface area (Å²) >= 11 is 5.92. The van der Waals surface area contributed by atoms with Gasteiger partial charge in [0.2, 0.25) is 0 Å². The third-order valence-corrected chi connectivity index (χ3v) is 2.22. The molecule has 1 heterocycles. The van der Waals surface area contributed by atoms with Gasteiger partial charge in [-0.15, -0.1) is 0 Å². The maximum absolute atomic E-state index is 10.4. The first-order valence-electron chi connectivity index (χ1n) is 4.41. The zero-order valence-electron chi connectivity index (χ0n) is 7.96. The Balaban J connectivity index is 2.49. The minimum Gasteiger partial charge on any atom is -0.490 e. The SMILES string of the molecule is CCOc1ccc(Cl)c2c1OC(=C=O)N2. The van der Waals surface area contributed by atoms with Crippen LogP contribution in [0.1, 0.15) is 6.92 Å². The van der Waals surface area contributed by atoms with E-state index in [4.69, 9.17) is 21.1 Å². The van der Waals surface area contributed by atoms with E-state index in [2.05, 4.69) is 5.32 Å². The molecule has 4 nitrogen and oxygen atoms in total. The van der Waals surface area contributed by atoms with Crippen LogP contribution in [0.3, 0.4) is 0 Å². The van der Waals surface area contributed by atoms with E-state index in [-0.39, 0.29) is 5.88 Å². The highest BCUT2D eigenvalue weighted by Gasteiger charge is 2.24. The molecule has 2 rings (SSSR count). The zero-order chi connectivity index (χ0) is 10.8. The molecular weight excluding hydrogens is 218 g/mol. The first kappa shape index (κ1) is 9.90. The Hall–Kier alpha value is -1.64. The number of halogens is 1. The quantitative estimate of drug-likeness (QED) is 0.784. The molecule has 1 aromatic rings. The second-order valence-electron chi connectivity index (χ2n) is 2.84. The molecule has 0 radical (unpaired) electrons. The predicted molar refractivity (Wildman–Crippen MR) is 56.1 cm³/mol. The summed E-state index contributed by atoms with van der Waals surface area (Å²) in [6, 6.07) is 3.37. The van der Waals surface area contributed by atoms with Gasteiger partial charge in [-0.1, -0.05) is 11.6 Å². The summed E-state index contributed by atoms with van der Waals surface area (Å²) in [6.07, 6.45) is 0. The van der Waals surface area contributed by atoms with Crippen molar-refractivity contribution in [1.29, 1.82) is 0 Å². The average molecular weight is 226 g/mol. The second kappa shape index (κ2) is 3.85. The van der Waals surface area contributed by atoms with E-state index >= 15 is 0 Å². The topological polar surface area (TPSA) is 47.6 Å². The van der Waals surface area contributed by atoms with E-state index in [0.29, 0.717) is 28.8 Å². The highest BCUT2D eigenvalue weighted by molar-refractivity contribution is 6.34. The first-order valence-corrected chi connectivity index (χ1v) is 4.79. The van der Waals surface area contributed by atoms with Gasteiger partial charge >= 0.3 is 0 Å². The van der Waals surface area contributed by atoms with E-state index < -0.39 is 0 Å². The van der Waals surface area contributed by atoms with Crippen LogP contribution in [0.4, 0.5) is 5.69 Å². The van der Waals surface area contributed by atoms with Crippen molar-refractivity contribution in [3.05, 3.63) is 23.0 Å². The van der Waals surface area contributed by atoms with Crippen molar-refractivity contribution in [1.82, 2.24) is 0 Å². The van der Waals surface area contributed by atoms with Gasteiger partial charge < -0.3 is 14.8 Å². The van der Waals surface area contributed by atoms with Gasteiger partial charge in [0.25, 0.3) is 5.88 Å². The van der Waals surface area contributed by atoms with Crippen LogP contribution in [0.5, 0.6) is 11.5 Å². The fourth-order valence-corrected chi connectivity index (χ4v) is 1.51. The molecule has 0 aromatic heterocycles. The molecule has 0 spiro atoms. The third kappa shape index (κ3) is 1.65. The predicted octanol–water partition coefficient (Wildman–Crippen LogP) is 2.22. The molecule has 1 aromatic carbocycles. The van der Waals surface area contributed by atoms with E-state index in [1.165, 1.54) is 0 Å². The van der Waals surface area contributed by atoms with Gasteiger partial charge in [0.1, 0.15) is 5.69 Å². The lowest BCUT2D eigenvalue weighted by Crippen LogP contribution is -1.97. The number of nitrogens with one attached hydrogen (secondary N) is 1. The summed E-state index contributed by atoms with van der Waals surface area (Å²) < 4.78 is 10.5. The van der Waals surface area contributed by atoms with Gasteiger partial charge in [0.05, 0.1) is 11.6 Å². The van der Waals surface area contributed by atoms with Crippen LogP contribution in [0.2, 0.25) is 5.02 Å². The largest absolute Gasteiger partial charge is 0.490 e. The molecule has 1 N–H and O–H groups in total. The molecule has 1 aliphatic heterocycles. The van der Waals surface area contributed by atoms with Gasteiger partial charge in [0.15, 0.2) is 17.4 Å². The van der Waals surface area contributed by atoms with Gasteiger partial charge in [-0.3, -0.25) is 0 Å². The zero-order valence-corrected chi connectivity index (χ0v) is 8.72. The number of rotatable bonds is 2. The highest BCUT2D eigenvalue weighted by Crippen LogP contribution is 2.45. The minimum absolute atomic E-state index is 0.000877. The number of hydrogen-bond acceptors (Lipinski definition) is 4. The van der Waals surface area contributed by atoms with E-state index in [9.17, 15) is 4.79 Å². The van der Waals surface area contributed by atoms with Crippen LogP contribution in [0.15, 0.2) is 18.0 Å². The molecule has 0 aliphatic carbocycles. The molecule has 0 unspecified atom stereocenters. The lowest BCUT2D eigenvalue weighted by atomic mass is 10.3. The van der Waals surface area contributed by atoms with Gasteiger partial charge in [-0.25, -0.2) is 4.79 Å². The lowest BCUT2D eigenvalue weighted by Gasteiger charge is -2.07. The third-order valence-electron chi connectivity index (χ3n) is 1.91. The number of anilines is 1. The van der Waals surface area contributed by atoms with Crippen LogP contribution in [-0.2, 0) is 4.79 Å². The Labute approximate surface area is 91.4 Å². The number of carbonyl (C=O) groups excluding carboxylic acids is 1. The molecule has 15 heavy (non-hydrogen) atoms. The van der Waals surface area contributed by atoms with Crippen molar-refractivity contribution in [2.24, 2.45) is 0 Å². The number of fused-ring (bicyclic) bond motifs is 1. The molecule has 0 saturated carbocycles. The normalized spacial score (nSPS) is 12.5. The van der Waals surface area contributed by atoms with Crippen LogP contribution in [-0.4, -0.2) is 12.5 Å². The number of ether oxygens (including phenoxy) is 2. The van der Waals surface area contributed by atoms with Crippen molar-refractivity contribution >= 4 is 23.2 Å². The molecule has 5 heteroatoms. The van der Waals surface area contributed by atoms with Crippen molar-refractivity contribution in [3.8, 4) is 11.5 Å². The molecule has 0 amide bonds. The fourth-order valence-electron chi connectivity index (χ4n) is 1.31. The van der Waals surface area contributed by atoms with E-state index in [1.807, 2.05) is 6.92 Å². The van der Waals surface area contributed by atoms with Crippen LogP contribution in [0.25, 0.3) is 0 Å². The molecule has 0 atom stereocenters. The van der Waals surface area contributed by atoms with Gasteiger partial charge in [-0.05, 0) is 19.1 Å². The second-order valence-corrected chi connectivity index (χ2v) is 3.25. The Morgan fingerprint density at radius 3 is 3.07 bits per heavy atom. The smallest absolute Gasteiger partial charge is 0.285 e. The summed E-state index contributed by atoms with van der Waals surface area (Å²) in [7, 11) is 0. The molecular formula is C10H8ClNO3. The molecule has 0 fully saturated rings. The standard InChI is InChI=1S/C10H8ClNO3/c1-2-14-7-4-3-6(11)9-10(7)15-8(5-13)12-9/h3-4,12H,2H2,1H3. The summed E-state index contributed by atoms with van der Waals surface area (Å²) in [6.45, 7) is 2.37. The van der Waals surface area contributed by atoms with Crippen LogP contribution >= 0.6 is 11.6 Å². The van der Waals surface area contributed by atoms with Crippen molar-refractivity contribution < 1.29 is 14.3 Å². The maximum Gasteiger partial charge on any atom is 0.285 e. The molecule has 1 aliphatic rings. The van der Waals surface area contributed by atoms with E-state index in [0.717, 1.165) is 0 Å². The molecule has 78 valence electrons. The van der Waals surface area contributed by atoms with Crippen molar-refractivity contribution in [2.45, 2.75) is 6.92 Å². The first-order chi connectivity index (χ1) is 7.26. The number of benzene rings is 1. The highest BCUT2D eigenvalue weighted by atomic mass is 35.5. The Kier molecular flexibility index (Phi) is 2.54. The van der Waals surface area contributed by atoms with Crippen LogP contribution in [0, 0.1) is 0 Å². The Bertz CT molecular complexity index is 452. The van der Waals surface area contributed by atoms with Crippen LogP contribution < -0.4 is 14.8 Å². The monoisotopic (exact) mass is 225 g/mol. The number of hydrogen-bond donors (Lipinski definition) is 1. The van der Waals surface area contributed by atoms with Crippen molar-refractivity contribution in [2.75, 3.05) is 11.9 Å². The summed E-state index contributed by atoms with van der Waals surface area (Å²) in [5.74, 6) is 2.61.